The van der Waals surface area contributed by atoms with Crippen molar-refractivity contribution in [3.05, 3.63) is 65.1 Å². The highest BCUT2D eigenvalue weighted by Crippen LogP contribution is 2.16. The van der Waals surface area contributed by atoms with E-state index in [1.165, 1.54) is 0 Å². The van der Waals surface area contributed by atoms with Crippen molar-refractivity contribution in [2.24, 2.45) is 0 Å². The summed E-state index contributed by atoms with van der Waals surface area (Å²) in [6, 6.07) is 13.7. The molecule has 1 aromatic heterocycles. The first-order valence-electron chi connectivity index (χ1n) is 6.39. The van der Waals surface area contributed by atoms with Crippen LogP contribution in [0.4, 0.5) is 5.69 Å². The molecule has 0 unspecified atom stereocenters. The Hall–Kier alpha value is -3.02. The Kier molecular flexibility index (Phi) is 2.98. The molecule has 0 aliphatic rings. The van der Waals surface area contributed by atoms with Gasteiger partial charge in [0.15, 0.2) is 5.52 Å². The highest BCUT2D eigenvalue weighted by Gasteiger charge is 2.28. The highest BCUT2D eigenvalue weighted by molar-refractivity contribution is 6.02. The van der Waals surface area contributed by atoms with Gasteiger partial charge in [0.25, 0.3) is 0 Å². The maximum absolute atomic E-state index is 12.3. The number of amides is 1. The molecule has 21 heavy (non-hydrogen) atoms. The first-order chi connectivity index (χ1) is 10.1. The monoisotopic (exact) mass is 283 g/mol. The minimum absolute atomic E-state index is 0.231. The zero-order valence-corrected chi connectivity index (χ0v) is 11.3. The number of para-hydroxylation sites is 3. The molecule has 0 saturated heterocycles. The van der Waals surface area contributed by atoms with Crippen LogP contribution in [0.1, 0.15) is 16.2 Å². The fourth-order valence-electron chi connectivity index (χ4n) is 2.21. The van der Waals surface area contributed by atoms with Crippen molar-refractivity contribution >= 4 is 22.6 Å². The van der Waals surface area contributed by atoms with Gasteiger partial charge >= 0.3 is 11.7 Å². The second-order valence-electron chi connectivity index (χ2n) is 4.69. The van der Waals surface area contributed by atoms with Gasteiger partial charge in [0.05, 0.1) is 0 Å². The molecule has 0 radical (unpaired) electrons. The Labute approximate surface area is 120 Å². The van der Waals surface area contributed by atoms with Gasteiger partial charge in [0.1, 0.15) is 0 Å². The van der Waals surface area contributed by atoms with E-state index in [-0.39, 0.29) is 16.9 Å². The van der Waals surface area contributed by atoms with Crippen LogP contribution in [0.3, 0.4) is 0 Å². The number of hydrogen-bond acceptors (Lipinski definition) is 3. The molecular formula is C15H13N3O3. The van der Waals surface area contributed by atoms with Gasteiger partial charge in [-0.25, -0.2) is 4.73 Å². The summed E-state index contributed by atoms with van der Waals surface area (Å²) >= 11 is 0. The van der Waals surface area contributed by atoms with Crippen LogP contribution in [0, 0.1) is 12.1 Å². The van der Waals surface area contributed by atoms with E-state index in [0.29, 0.717) is 15.1 Å². The zero-order chi connectivity index (χ0) is 15.0. The molecule has 2 N–H and O–H groups in total. The minimum atomic E-state index is -0.669. The molecule has 6 heteroatoms. The molecule has 0 atom stereocenters. The average molecular weight is 283 g/mol. The van der Waals surface area contributed by atoms with E-state index >= 15 is 0 Å². The summed E-state index contributed by atoms with van der Waals surface area (Å²) in [5.41, 5.74) is 1.97. The van der Waals surface area contributed by atoms with E-state index in [4.69, 9.17) is 0 Å². The summed E-state index contributed by atoms with van der Waals surface area (Å²) in [6.07, 6.45) is 0. The van der Waals surface area contributed by atoms with Crippen LogP contribution in [-0.4, -0.2) is 15.8 Å². The Bertz CT molecular complexity index is 800. The number of imidazole rings is 1. The predicted molar refractivity (Wildman–Crippen MR) is 77.2 cm³/mol. The van der Waals surface area contributed by atoms with Crippen LogP contribution < -0.4 is 10.0 Å². The fourth-order valence-corrected chi connectivity index (χ4v) is 2.21. The molecule has 6 nitrogen and oxygen atoms in total. The number of benzene rings is 2. The Morgan fingerprint density at radius 2 is 1.86 bits per heavy atom. The first kappa shape index (κ1) is 13.0. The van der Waals surface area contributed by atoms with Gasteiger partial charge in [-0.2, -0.15) is 0 Å². The number of carbonyl (C=O) groups excluding carboxylic acids is 1. The average Bonchev–Trinajstić information content (AvgIpc) is 2.74. The topological polar surface area (TPSA) is 81.2 Å². The van der Waals surface area contributed by atoms with Crippen LogP contribution in [0.25, 0.3) is 11.0 Å². The quantitative estimate of drug-likeness (QED) is 0.429. The number of aryl methyl sites for hydroxylation is 1. The standard InChI is InChI=1S/C15H13N3O3/c1-10-6-2-3-7-11(10)16-14(19)15-17(20)12-8-4-5-9-13(12)18(15)21/h2-9,20H,1H3,(H,16,19). The number of hydrogen-bond donors (Lipinski definition) is 2. The van der Waals surface area contributed by atoms with Crippen molar-refractivity contribution in [2.45, 2.75) is 6.92 Å². The normalized spacial score (nSPS) is 10.7. The molecule has 106 valence electrons. The van der Waals surface area contributed by atoms with E-state index in [0.717, 1.165) is 5.56 Å². The molecule has 2 aromatic carbocycles. The van der Waals surface area contributed by atoms with Crippen LogP contribution in [-0.2, 0) is 0 Å². The fraction of sp³-hybridized carbons (Fsp3) is 0.0667. The Balaban J connectivity index is 2.05. The maximum Gasteiger partial charge on any atom is 0.391 e. The number of anilines is 1. The van der Waals surface area contributed by atoms with Crippen molar-refractivity contribution in [3.8, 4) is 0 Å². The lowest BCUT2D eigenvalue weighted by atomic mass is 10.2. The van der Waals surface area contributed by atoms with Crippen molar-refractivity contribution in [1.29, 1.82) is 0 Å². The summed E-state index contributed by atoms with van der Waals surface area (Å²) in [7, 11) is 0. The van der Waals surface area contributed by atoms with Gasteiger partial charge in [-0.05, 0) is 35.4 Å². The minimum Gasteiger partial charge on any atom is -0.710 e. The third-order valence-corrected chi connectivity index (χ3v) is 3.32. The van der Waals surface area contributed by atoms with Gasteiger partial charge < -0.3 is 15.7 Å². The molecule has 3 rings (SSSR count). The Morgan fingerprint density at radius 1 is 1.19 bits per heavy atom. The molecule has 0 saturated carbocycles. The third kappa shape index (κ3) is 2.06. The van der Waals surface area contributed by atoms with Crippen LogP contribution in [0.15, 0.2) is 48.5 Å². The summed E-state index contributed by atoms with van der Waals surface area (Å²) in [4.78, 5) is 12.3. The first-order valence-corrected chi connectivity index (χ1v) is 6.39. The molecule has 0 aliphatic heterocycles. The van der Waals surface area contributed by atoms with Crippen molar-refractivity contribution in [3.63, 3.8) is 0 Å². The van der Waals surface area contributed by atoms with Gasteiger partial charge in [0.2, 0.25) is 5.52 Å². The molecule has 0 aliphatic carbocycles. The number of nitrogens with zero attached hydrogens (tertiary/aromatic N) is 2. The van der Waals surface area contributed by atoms with E-state index < -0.39 is 5.91 Å². The van der Waals surface area contributed by atoms with E-state index in [2.05, 4.69) is 5.32 Å². The second kappa shape index (κ2) is 4.82. The number of aromatic nitrogens is 2. The summed E-state index contributed by atoms with van der Waals surface area (Å²) in [5.74, 6) is -1.04. The molecule has 0 fully saturated rings. The van der Waals surface area contributed by atoms with Gasteiger partial charge in [0, 0.05) is 5.69 Å². The van der Waals surface area contributed by atoms with Gasteiger partial charge in [-0.3, -0.25) is 4.79 Å². The van der Waals surface area contributed by atoms with Crippen molar-refractivity contribution < 1.29 is 14.7 Å². The van der Waals surface area contributed by atoms with Crippen LogP contribution in [0.5, 0.6) is 0 Å². The predicted octanol–water partition coefficient (Wildman–Crippen LogP) is 2.07. The van der Waals surface area contributed by atoms with E-state index in [1.54, 1.807) is 36.4 Å². The number of nitrogens with one attached hydrogen (secondary N) is 1. The van der Waals surface area contributed by atoms with Crippen molar-refractivity contribution in [1.82, 2.24) is 4.73 Å². The van der Waals surface area contributed by atoms with E-state index in [1.807, 2.05) is 19.1 Å². The SMILES string of the molecule is Cc1ccccc1NC(=O)c1n(O)c2ccccc2[n+]1[O-]. The summed E-state index contributed by atoms with van der Waals surface area (Å²) < 4.78 is 1.03. The Morgan fingerprint density at radius 3 is 2.57 bits per heavy atom. The highest BCUT2D eigenvalue weighted by atomic mass is 16.5. The second-order valence-corrected chi connectivity index (χ2v) is 4.69. The molecular weight excluding hydrogens is 270 g/mol. The largest absolute Gasteiger partial charge is 0.710 e. The van der Waals surface area contributed by atoms with Gasteiger partial charge in [-0.1, -0.05) is 30.3 Å². The van der Waals surface area contributed by atoms with Crippen LogP contribution in [0.2, 0.25) is 0 Å². The molecule has 0 bridgehead atoms. The van der Waals surface area contributed by atoms with Crippen LogP contribution >= 0.6 is 0 Å². The maximum atomic E-state index is 12.3. The number of rotatable bonds is 2. The zero-order valence-electron chi connectivity index (χ0n) is 11.3. The van der Waals surface area contributed by atoms with Crippen molar-refractivity contribution in [2.75, 3.05) is 5.32 Å². The lowest BCUT2D eigenvalue weighted by Gasteiger charge is -2.07. The summed E-state index contributed by atoms with van der Waals surface area (Å²) in [6.45, 7) is 1.84. The van der Waals surface area contributed by atoms with Gasteiger partial charge in [-0.15, -0.1) is 0 Å². The molecule has 1 amide bonds. The molecule has 3 aromatic rings. The smallest absolute Gasteiger partial charge is 0.391 e. The number of fused-ring (bicyclic) bond motifs is 1. The van der Waals surface area contributed by atoms with E-state index in [9.17, 15) is 15.2 Å². The number of carbonyl (C=O) groups is 1. The molecule has 1 heterocycles. The third-order valence-electron chi connectivity index (χ3n) is 3.32. The summed E-state index contributed by atoms with van der Waals surface area (Å²) in [5, 5.41) is 24.8. The lowest BCUT2D eigenvalue weighted by molar-refractivity contribution is -0.582. The molecule has 0 spiro atoms. The lowest BCUT2D eigenvalue weighted by Crippen LogP contribution is -2.37.